The van der Waals surface area contributed by atoms with Gasteiger partial charge in [0.2, 0.25) is 0 Å². The third-order valence-corrected chi connectivity index (χ3v) is 5.83. The first-order chi connectivity index (χ1) is 13.9. The normalized spacial score (nSPS) is 11.9. The van der Waals surface area contributed by atoms with Crippen molar-refractivity contribution in [1.82, 2.24) is 0 Å². The van der Waals surface area contributed by atoms with E-state index in [4.69, 9.17) is 0 Å². The van der Waals surface area contributed by atoms with Crippen LogP contribution >= 0.6 is 0 Å². The minimum Gasteiger partial charge on any atom is -0.0845 e. The van der Waals surface area contributed by atoms with E-state index < -0.39 is 0 Å². The molecule has 0 aromatic heterocycles. The van der Waals surface area contributed by atoms with E-state index in [9.17, 15) is 0 Å². The summed E-state index contributed by atoms with van der Waals surface area (Å²) in [6, 6.07) is 0. The average Bonchev–Trinajstić information content (AvgIpc) is 2.71. The van der Waals surface area contributed by atoms with Gasteiger partial charge in [-0.3, -0.25) is 0 Å². The Kier molecular flexibility index (Phi) is 26.0. The molecule has 0 saturated heterocycles. The van der Waals surface area contributed by atoms with E-state index in [-0.39, 0.29) is 0 Å². The standard InChI is InChI=1S/C28H54/c1-3-5-7-9-11-13-15-17-19-21-23-25-27-28-26-24-22-20-18-16-14-12-10-8-6-4-2/h23,25,27-28H,3-22,24,26H2,1-2H3. The maximum atomic E-state index is 2.36. The van der Waals surface area contributed by atoms with Gasteiger partial charge in [0.1, 0.15) is 0 Å². The summed E-state index contributed by atoms with van der Waals surface area (Å²) < 4.78 is 0. The van der Waals surface area contributed by atoms with E-state index in [0.717, 1.165) is 0 Å². The molecule has 0 aliphatic carbocycles. The zero-order valence-electron chi connectivity index (χ0n) is 19.9. The molecule has 0 aromatic rings. The molecule has 0 spiro atoms. The van der Waals surface area contributed by atoms with Crippen LogP contribution in [0.1, 0.15) is 155 Å². The molecule has 0 rings (SSSR count). The third-order valence-electron chi connectivity index (χ3n) is 5.83. The lowest BCUT2D eigenvalue weighted by molar-refractivity contribution is 0.550. The lowest BCUT2D eigenvalue weighted by atomic mass is 10.1. The number of hydrogen-bond donors (Lipinski definition) is 0. The molecule has 166 valence electrons. The first kappa shape index (κ1) is 27.5. The van der Waals surface area contributed by atoms with Crippen molar-refractivity contribution in [3.63, 3.8) is 0 Å². The molecule has 0 radical (unpaired) electrons. The van der Waals surface area contributed by atoms with Crippen LogP contribution in [-0.2, 0) is 0 Å². The van der Waals surface area contributed by atoms with E-state index in [1.165, 1.54) is 141 Å². The summed E-state index contributed by atoms with van der Waals surface area (Å²) in [7, 11) is 0. The Balaban J connectivity index is 3.14. The number of allylic oxidation sites excluding steroid dienone is 4. The van der Waals surface area contributed by atoms with Crippen molar-refractivity contribution in [2.24, 2.45) is 0 Å². The van der Waals surface area contributed by atoms with Crippen molar-refractivity contribution in [2.45, 2.75) is 155 Å². The molecular weight excluding hydrogens is 336 g/mol. The van der Waals surface area contributed by atoms with Gasteiger partial charge in [-0.25, -0.2) is 0 Å². The molecule has 0 N–H and O–H groups in total. The van der Waals surface area contributed by atoms with Crippen molar-refractivity contribution < 1.29 is 0 Å². The summed E-state index contributed by atoms with van der Waals surface area (Å²) in [6.07, 6.45) is 40.4. The minimum atomic E-state index is 1.26. The van der Waals surface area contributed by atoms with E-state index in [2.05, 4.69) is 38.2 Å². The summed E-state index contributed by atoms with van der Waals surface area (Å²) in [5.41, 5.74) is 0. The van der Waals surface area contributed by atoms with E-state index in [0.29, 0.717) is 0 Å². The largest absolute Gasteiger partial charge is 0.0845 e. The number of hydrogen-bond acceptors (Lipinski definition) is 0. The zero-order chi connectivity index (χ0) is 20.4. The Morgan fingerprint density at radius 1 is 0.321 bits per heavy atom. The van der Waals surface area contributed by atoms with Crippen molar-refractivity contribution in [3.8, 4) is 0 Å². The molecule has 0 unspecified atom stereocenters. The lowest BCUT2D eigenvalue weighted by Crippen LogP contribution is -1.81. The molecule has 0 heteroatoms. The molecular formula is C28H54. The first-order valence-electron chi connectivity index (χ1n) is 13.2. The zero-order valence-corrected chi connectivity index (χ0v) is 19.9. The highest BCUT2D eigenvalue weighted by Gasteiger charge is 1.93. The molecule has 0 saturated carbocycles. The topological polar surface area (TPSA) is 0 Å². The molecule has 0 nitrogen and oxygen atoms in total. The van der Waals surface area contributed by atoms with Crippen molar-refractivity contribution in [3.05, 3.63) is 24.3 Å². The van der Waals surface area contributed by atoms with E-state index >= 15 is 0 Å². The van der Waals surface area contributed by atoms with E-state index in [1.54, 1.807) is 0 Å². The fourth-order valence-corrected chi connectivity index (χ4v) is 3.85. The summed E-state index contributed by atoms with van der Waals surface area (Å²) >= 11 is 0. The van der Waals surface area contributed by atoms with Crippen molar-refractivity contribution >= 4 is 0 Å². The molecule has 0 aromatic carbocycles. The predicted molar refractivity (Wildman–Crippen MR) is 131 cm³/mol. The average molecular weight is 391 g/mol. The van der Waals surface area contributed by atoms with Gasteiger partial charge in [-0.15, -0.1) is 0 Å². The Labute approximate surface area is 179 Å². The van der Waals surface area contributed by atoms with Gasteiger partial charge in [-0.1, -0.05) is 154 Å². The van der Waals surface area contributed by atoms with Gasteiger partial charge in [0.05, 0.1) is 0 Å². The Morgan fingerprint density at radius 2 is 0.571 bits per heavy atom. The Hall–Kier alpha value is -0.520. The van der Waals surface area contributed by atoms with Crippen LogP contribution in [-0.4, -0.2) is 0 Å². The third kappa shape index (κ3) is 25.5. The van der Waals surface area contributed by atoms with Gasteiger partial charge in [0.15, 0.2) is 0 Å². The molecule has 0 fully saturated rings. The smallest absolute Gasteiger partial charge is 0.0348 e. The second-order valence-electron chi connectivity index (χ2n) is 8.80. The van der Waals surface area contributed by atoms with E-state index in [1.807, 2.05) is 0 Å². The highest BCUT2D eigenvalue weighted by atomic mass is 14.0. The monoisotopic (exact) mass is 390 g/mol. The number of rotatable bonds is 23. The van der Waals surface area contributed by atoms with Crippen LogP contribution in [0.2, 0.25) is 0 Å². The van der Waals surface area contributed by atoms with Gasteiger partial charge in [-0.2, -0.15) is 0 Å². The number of unbranched alkanes of at least 4 members (excludes halogenated alkanes) is 20. The molecule has 0 aliphatic heterocycles. The van der Waals surface area contributed by atoms with Crippen LogP contribution in [0.15, 0.2) is 24.3 Å². The first-order valence-corrected chi connectivity index (χ1v) is 13.2. The SMILES string of the molecule is CCCCCCCCCCCC=CC=CCCCCCCCCCCCCC. The van der Waals surface area contributed by atoms with Crippen LogP contribution in [0, 0.1) is 0 Å². The quantitative estimate of drug-likeness (QED) is 0.120. The Bertz CT molecular complexity index is 312. The van der Waals surface area contributed by atoms with Crippen LogP contribution in [0.3, 0.4) is 0 Å². The van der Waals surface area contributed by atoms with Gasteiger partial charge in [0, 0.05) is 0 Å². The lowest BCUT2D eigenvalue weighted by Gasteiger charge is -2.01. The van der Waals surface area contributed by atoms with Gasteiger partial charge in [-0.05, 0) is 25.7 Å². The molecule has 0 heterocycles. The van der Waals surface area contributed by atoms with Crippen LogP contribution in [0.4, 0.5) is 0 Å². The van der Waals surface area contributed by atoms with Crippen LogP contribution < -0.4 is 0 Å². The van der Waals surface area contributed by atoms with Crippen molar-refractivity contribution in [1.29, 1.82) is 0 Å². The summed E-state index contributed by atoms with van der Waals surface area (Å²) in [4.78, 5) is 0. The highest BCUT2D eigenvalue weighted by molar-refractivity contribution is 5.02. The van der Waals surface area contributed by atoms with Gasteiger partial charge >= 0.3 is 0 Å². The highest BCUT2D eigenvalue weighted by Crippen LogP contribution is 2.12. The molecule has 28 heavy (non-hydrogen) atoms. The second kappa shape index (κ2) is 26.5. The Morgan fingerprint density at radius 3 is 0.857 bits per heavy atom. The molecule has 0 bridgehead atoms. The second-order valence-corrected chi connectivity index (χ2v) is 8.80. The molecule has 0 atom stereocenters. The minimum absolute atomic E-state index is 1.26. The van der Waals surface area contributed by atoms with Gasteiger partial charge < -0.3 is 0 Å². The predicted octanol–water partition coefficient (Wildman–Crippen LogP) is 10.7. The summed E-state index contributed by atoms with van der Waals surface area (Å²) in [5.74, 6) is 0. The van der Waals surface area contributed by atoms with Gasteiger partial charge in [0.25, 0.3) is 0 Å². The van der Waals surface area contributed by atoms with Crippen LogP contribution in [0.25, 0.3) is 0 Å². The van der Waals surface area contributed by atoms with Crippen LogP contribution in [0.5, 0.6) is 0 Å². The fraction of sp³-hybridized carbons (Fsp3) is 0.857. The maximum Gasteiger partial charge on any atom is -0.0348 e. The van der Waals surface area contributed by atoms with Crippen molar-refractivity contribution in [2.75, 3.05) is 0 Å². The summed E-state index contributed by atoms with van der Waals surface area (Å²) in [6.45, 7) is 4.59. The maximum absolute atomic E-state index is 2.36. The fourth-order valence-electron chi connectivity index (χ4n) is 3.85. The molecule has 0 amide bonds. The summed E-state index contributed by atoms with van der Waals surface area (Å²) in [5, 5.41) is 0. The molecule has 0 aliphatic rings.